The molecule has 1 amide bonds. The van der Waals surface area contributed by atoms with Gasteiger partial charge in [-0.2, -0.15) is 0 Å². The minimum absolute atomic E-state index is 0.0260. The van der Waals surface area contributed by atoms with Gasteiger partial charge < -0.3 is 20.3 Å². The van der Waals surface area contributed by atoms with Gasteiger partial charge in [0, 0.05) is 6.54 Å². The molecule has 2 rings (SSSR count). The summed E-state index contributed by atoms with van der Waals surface area (Å²) < 4.78 is 5.81. The monoisotopic (exact) mass is 305 g/mol. The molecule has 1 aromatic carbocycles. The Hall–Kier alpha value is -1.59. The lowest BCUT2D eigenvalue weighted by atomic mass is 10.2. The Bertz CT molecular complexity index is 499. The summed E-state index contributed by atoms with van der Waals surface area (Å²) in [4.78, 5) is 14.1. The number of carbonyl (C=O) groups excluding carboxylic acids is 1. The van der Waals surface area contributed by atoms with Crippen LogP contribution in [-0.4, -0.2) is 51.1 Å². The number of hydrogen-bond acceptors (Lipinski definition) is 4. The van der Waals surface area contributed by atoms with Crippen LogP contribution in [0.1, 0.15) is 18.4 Å². The van der Waals surface area contributed by atoms with Crippen molar-refractivity contribution in [1.82, 2.24) is 10.2 Å². The van der Waals surface area contributed by atoms with E-state index in [9.17, 15) is 4.79 Å². The Morgan fingerprint density at radius 2 is 2.14 bits per heavy atom. The van der Waals surface area contributed by atoms with Gasteiger partial charge in [0.1, 0.15) is 12.4 Å². The van der Waals surface area contributed by atoms with Crippen molar-refractivity contribution in [3.05, 3.63) is 23.8 Å². The molecule has 0 spiro atoms. The summed E-state index contributed by atoms with van der Waals surface area (Å²) in [5.41, 5.74) is 1.85. The Morgan fingerprint density at radius 1 is 1.36 bits per heavy atom. The zero-order valence-corrected chi connectivity index (χ0v) is 13.8. The van der Waals surface area contributed by atoms with Crippen LogP contribution in [-0.2, 0) is 4.79 Å². The Balaban J connectivity index is 1.85. The van der Waals surface area contributed by atoms with Crippen LogP contribution in [0.3, 0.4) is 0 Å². The van der Waals surface area contributed by atoms with Crippen molar-refractivity contribution in [2.75, 3.05) is 45.7 Å². The molecule has 5 nitrogen and oxygen atoms in total. The fourth-order valence-corrected chi connectivity index (χ4v) is 2.10. The van der Waals surface area contributed by atoms with Crippen molar-refractivity contribution in [3.63, 3.8) is 0 Å². The summed E-state index contributed by atoms with van der Waals surface area (Å²) >= 11 is 0. The minimum atomic E-state index is -0.0260. The second kappa shape index (κ2) is 8.15. The summed E-state index contributed by atoms with van der Waals surface area (Å²) in [5.74, 6) is 1.48. The molecule has 0 aromatic heterocycles. The normalized spacial score (nSPS) is 14.2. The Kier molecular flexibility index (Phi) is 6.21. The molecule has 1 aromatic rings. The third-order valence-corrected chi connectivity index (χ3v) is 3.62. The molecule has 0 atom stereocenters. The number of aryl methyl sites for hydroxylation is 1. The number of nitrogens with zero attached hydrogens (tertiary/aromatic N) is 1. The number of amides is 1. The van der Waals surface area contributed by atoms with E-state index in [0.717, 1.165) is 36.0 Å². The number of benzene rings is 1. The predicted octanol–water partition coefficient (Wildman–Crippen LogP) is 1.87. The molecule has 22 heavy (non-hydrogen) atoms. The smallest absolute Gasteiger partial charge is 0.238 e. The van der Waals surface area contributed by atoms with Crippen molar-refractivity contribution >= 4 is 11.6 Å². The number of nitrogens with one attached hydrogen (secondary N) is 2. The quantitative estimate of drug-likeness (QED) is 0.731. The second-order valence-corrected chi connectivity index (χ2v) is 6.27. The summed E-state index contributed by atoms with van der Waals surface area (Å²) in [6.07, 6.45) is 2.58. The first kappa shape index (κ1) is 16.8. The lowest BCUT2D eigenvalue weighted by Crippen LogP contribution is -2.29. The van der Waals surface area contributed by atoms with Crippen LogP contribution in [0.25, 0.3) is 0 Å². The van der Waals surface area contributed by atoms with E-state index in [1.54, 1.807) is 0 Å². The second-order valence-electron chi connectivity index (χ2n) is 6.27. The van der Waals surface area contributed by atoms with Crippen molar-refractivity contribution in [2.24, 2.45) is 5.92 Å². The van der Waals surface area contributed by atoms with Gasteiger partial charge in [-0.05, 0) is 64.0 Å². The van der Waals surface area contributed by atoms with Crippen LogP contribution in [0, 0.1) is 12.8 Å². The third-order valence-electron chi connectivity index (χ3n) is 3.62. The highest BCUT2D eigenvalue weighted by Gasteiger charge is 2.20. The molecule has 0 saturated heterocycles. The maximum Gasteiger partial charge on any atom is 0.238 e. The van der Waals surface area contributed by atoms with Gasteiger partial charge in [0.2, 0.25) is 5.91 Å². The maximum atomic E-state index is 12.0. The zero-order valence-electron chi connectivity index (χ0n) is 13.8. The van der Waals surface area contributed by atoms with E-state index in [2.05, 4.69) is 15.5 Å². The SMILES string of the molecule is Cc1ccc(NC(=O)CNCC2CC2)c(OCCN(C)C)c1. The highest BCUT2D eigenvalue weighted by molar-refractivity contribution is 5.93. The molecular weight excluding hydrogens is 278 g/mol. The van der Waals surface area contributed by atoms with Crippen LogP contribution < -0.4 is 15.4 Å². The topological polar surface area (TPSA) is 53.6 Å². The molecule has 0 aliphatic heterocycles. The molecule has 0 radical (unpaired) electrons. The number of hydrogen-bond donors (Lipinski definition) is 2. The van der Waals surface area contributed by atoms with Crippen LogP contribution >= 0.6 is 0 Å². The number of anilines is 1. The van der Waals surface area contributed by atoms with Gasteiger partial charge >= 0.3 is 0 Å². The molecule has 122 valence electrons. The standard InChI is InChI=1S/C17H27N3O2/c1-13-4-7-15(16(10-13)22-9-8-20(2)3)19-17(21)12-18-11-14-5-6-14/h4,7,10,14,18H,5-6,8-9,11-12H2,1-3H3,(H,19,21). The van der Waals surface area contributed by atoms with Gasteiger partial charge in [-0.3, -0.25) is 4.79 Å². The summed E-state index contributed by atoms with van der Waals surface area (Å²) in [6, 6.07) is 5.84. The van der Waals surface area contributed by atoms with Crippen LogP contribution in [0.2, 0.25) is 0 Å². The lowest BCUT2D eigenvalue weighted by molar-refractivity contribution is -0.115. The first-order valence-corrected chi connectivity index (χ1v) is 7.93. The molecular formula is C17H27N3O2. The van der Waals surface area contributed by atoms with E-state index >= 15 is 0 Å². The molecule has 0 unspecified atom stereocenters. The van der Waals surface area contributed by atoms with Gasteiger partial charge in [-0.15, -0.1) is 0 Å². The van der Waals surface area contributed by atoms with Gasteiger partial charge in [0.15, 0.2) is 0 Å². The van der Waals surface area contributed by atoms with E-state index in [4.69, 9.17) is 4.74 Å². The van der Waals surface area contributed by atoms with Gasteiger partial charge in [0.05, 0.1) is 12.2 Å². The molecule has 0 bridgehead atoms. The maximum absolute atomic E-state index is 12.0. The van der Waals surface area contributed by atoms with Crippen molar-refractivity contribution in [2.45, 2.75) is 19.8 Å². The number of ether oxygens (including phenoxy) is 1. The van der Waals surface area contributed by atoms with Crippen LogP contribution in [0.4, 0.5) is 5.69 Å². The van der Waals surface area contributed by atoms with E-state index in [1.165, 1.54) is 12.8 Å². The van der Waals surface area contributed by atoms with E-state index in [0.29, 0.717) is 13.2 Å². The fraction of sp³-hybridized carbons (Fsp3) is 0.588. The molecule has 1 aliphatic rings. The average molecular weight is 305 g/mol. The summed E-state index contributed by atoms with van der Waals surface area (Å²) in [7, 11) is 4.02. The summed E-state index contributed by atoms with van der Waals surface area (Å²) in [6.45, 7) is 4.74. The van der Waals surface area contributed by atoms with Crippen molar-refractivity contribution in [3.8, 4) is 5.75 Å². The van der Waals surface area contributed by atoms with Gasteiger partial charge in [0.25, 0.3) is 0 Å². The third kappa shape index (κ3) is 6.03. The van der Waals surface area contributed by atoms with Gasteiger partial charge in [-0.1, -0.05) is 6.07 Å². The highest BCUT2D eigenvalue weighted by Crippen LogP contribution is 2.27. The highest BCUT2D eigenvalue weighted by atomic mass is 16.5. The van der Waals surface area contributed by atoms with E-state index in [-0.39, 0.29) is 5.91 Å². The largest absolute Gasteiger partial charge is 0.490 e. The van der Waals surface area contributed by atoms with Crippen molar-refractivity contribution < 1.29 is 9.53 Å². The van der Waals surface area contributed by atoms with Crippen LogP contribution in [0.5, 0.6) is 5.75 Å². The molecule has 5 heteroatoms. The number of carbonyl (C=O) groups is 1. The first-order valence-electron chi connectivity index (χ1n) is 7.93. The van der Waals surface area contributed by atoms with Crippen LogP contribution in [0.15, 0.2) is 18.2 Å². The molecule has 1 aliphatic carbocycles. The molecule has 1 fully saturated rings. The molecule has 1 saturated carbocycles. The lowest BCUT2D eigenvalue weighted by Gasteiger charge is -2.15. The fourth-order valence-electron chi connectivity index (χ4n) is 2.10. The first-order chi connectivity index (χ1) is 10.5. The Labute approximate surface area is 133 Å². The minimum Gasteiger partial charge on any atom is -0.490 e. The predicted molar refractivity (Wildman–Crippen MR) is 89.5 cm³/mol. The average Bonchev–Trinajstić information content (AvgIpc) is 3.25. The van der Waals surface area contributed by atoms with E-state index < -0.39 is 0 Å². The van der Waals surface area contributed by atoms with Crippen molar-refractivity contribution in [1.29, 1.82) is 0 Å². The summed E-state index contributed by atoms with van der Waals surface area (Å²) in [5, 5.41) is 6.13. The Morgan fingerprint density at radius 3 is 2.82 bits per heavy atom. The number of rotatable bonds is 9. The molecule has 2 N–H and O–H groups in total. The van der Waals surface area contributed by atoms with E-state index in [1.807, 2.05) is 39.2 Å². The zero-order chi connectivity index (χ0) is 15.9. The molecule has 0 heterocycles. The number of likely N-dealkylation sites (N-methyl/N-ethyl adjacent to an activating group) is 1. The van der Waals surface area contributed by atoms with Gasteiger partial charge in [-0.25, -0.2) is 0 Å².